The molecular weight excluding hydrogens is 318 g/mol. The van der Waals surface area contributed by atoms with E-state index in [-0.39, 0.29) is 5.91 Å². The Kier molecular flexibility index (Phi) is 5.19. The first-order valence-corrected chi connectivity index (χ1v) is 8.50. The molecule has 0 unspecified atom stereocenters. The lowest BCUT2D eigenvalue weighted by atomic mass is 10.3. The molecule has 0 saturated carbocycles. The smallest absolute Gasteiger partial charge is 0.237 e. The van der Waals surface area contributed by atoms with Crippen LogP contribution in [0.5, 0.6) is 0 Å². The van der Waals surface area contributed by atoms with Gasteiger partial charge in [-0.2, -0.15) is 5.26 Å². The molecule has 132 valence electrons. The molecule has 1 aliphatic heterocycles. The number of nitrogens with zero attached hydrogens (tertiary/aromatic N) is 5. The Morgan fingerprint density at radius 2 is 2.28 bits per heavy atom. The van der Waals surface area contributed by atoms with Crippen molar-refractivity contribution in [2.45, 2.75) is 39.9 Å². The van der Waals surface area contributed by atoms with Gasteiger partial charge in [-0.25, -0.2) is 4.98 Å². The number of carbonyl (C=O) groups is 1. The number of hydrogen-bond donors (Lipinski definition) is 0. The highest BCUT2D eigenvalue weighted by molar-refractivity contribution is 5.78. The third-order valence-electron chi connectivity index (χ3n) is 4.67. The molecule has 0 fully saturated rings. The van der Waals surface area contributed by atoms with E-state index in [1.54, 1.807) is 17.2 Å². The topological polar surface area (TPSA) is 78.3 Å². The van der Waals surface area contributed by atoms with Crippen molar-refractivity contribution in [1.29, 1.82) is 5.26 Å². The summed E-state index contributed by atoms with van der Waals surface area (Å²) in [5, 5.41) is 8.85. The number of carbonyl (C=O) groups excluding carboxylic acids is 1. The van der Waals surface area contributed by atoms with Gasteiger partial charge < -0.3 is 13.9 Å². The SMILES string of the molecule is Cc1nc2n(c1C)CCN(CC(=O)N(CCC#N)Cc1ccco1)C2. The molecule has 0 N–H and O–H groups in total. The molecule has 0 atom stereocenters. The quantitative estimate of drug-likeness (QED) is 0.801. The Morgan fingerprint density at radius 1 is 1.44 bits per heavy atom. The van der Waals surface area contributed by atoms with Gasteiger partial charge in [-0.15, -0.1) is 0 Å². The van der Waals surface area contributed by atoms with Gasteiger partial charge >= 0.3 is 0 Å². The molecule has 0 bridgehead atoms. The van der Waals surface area contributed by atoms with E-state index in [1.165, 1.54) is 5.69 Å². The lowest BCUT2D eigenvalue weighted by Crippen LogP contribution is -2.43. The molecule has 0 aliphatic carbocycles. The van der Waals surface area contributed by atoms with Crippen LogP contribution in [0.1, 0.15) is 29.4 Å². The van der Waals surface area contributed by atoms with Crippen molar-refractivity contribution in [1.82, 2.24) is 19.4 Å². The molecule has 0 saturated heterocycles. The zero-order valence-corrected chi connectivity index (χ0v) is 14.7. The molecule has 3 rings (SSSR count). The van der Waals surface area contributed by atoms with Crippen molar-refractivity contribution < 1.29 is 9.21 Å². The number of furan rings is 1. The normalized spacial score (nSPS) is 14.1. The van der Waals surface area contributed by atoms with Crippen LogP contribution in [0.15, 0.2) is 22.8 Å². The minimum Gasteiger partial charge on any atom is -0.467 e. The molecule has 3 heterocycles. The van der Waals surface area contributed by atoms with Gasteiger partial charge in [0.15, 0.2) is 0 Å². The van der Waals surface area contributed by atoms with Crippen molar-refractivity contribution in [3.8, 4) is 6.07 Å². The number of fused-ring (bicyclic) bond motifs is 1. The van der Waals surface area contributed by atoms with Crippen molar-refractivity contribution in [3.05, 3.63) is 41.4 Å². The predicted octanol–water partition coefficient (Wildman–Crippen LogP) is 1.85. The fourth-order valence-corrected chi connectivity index (χ4v) is 3.16. The van der Waals surface area contributed by atoms with E-state index in [4.69, 9.17) is 9.68 Å². The zero-order chi connectivity index (χ0) is 17.8. The number of aromatic nitrogens is 2. The lowest BCUT2D eigenvalue weighted by molar-refractivity contribution is -0.133. The first-order valence-electron chi connectivity index (χ1n) is 8.50. The highest BCUT2D eigenvalue weighted by Crippen LogP contribution is 2.17. The van der Waals surface area contributed by atoms with Crippen LogP contribution in [0.4, 0.5) is 0 Å². The maximum Gasteiger partial charge on any atom is 0.237 e. The molecule has 7 nitrogen and oxygen atoms in total. The Labute approximate surface area is 147 Å². The molecule has 1 amide bonds. The number of nitriles is 1. The molecule has 0 radical (unpaired) electrons. The van der Waals surface area contributed by atoms with Crippen molar-refractivity contribution in [2.75, 3.05) is 19.6 Å². The van der Waals surface area contributed by atoms with E-state index >= 15 is 0 Å². The molecule has 25 heavy (non-hydrogen) atoms. The molecule has 7 heteroatoms. The second-order valence-corrected chi connectivity index (χ2v) is 6.36. The molecule has 0 aromatic carbocycles. The lowest BCUT2D eigenvalue weighted by Gasteiger charge is -2.30. The first kappa shape index (κ1) is 17.2. The second kappa shape index (κ2) is 7.53. The first-order chi connectivity index (χ1) is 12.1. The number of imidazole rings is 1. The Balaban J connectivity index is 1.63. The van der Waals surface area contributed by atoms with Gasteiger partial charge in [-0.3, -0.25) is 9.69 Å². The summed E-state index contributed by atoms with van der Waals surface area (Å²) in [7, 11) is 0. The molecular formula is C18H23N5O2. The summed E-state index contributed by atoms with van der Waals surface area (Å²) >= 11 is 0. The number of aryl methyl sites for hydroxylation is 1. The summed E-state index contributed by atoms with van der Waals surface area (Å²) in [6.07, 6.45) is 1.91. The van der Waals surface area contributed by atoms with Crippen LogP contribution in [0.25, 0.3) is 0 Å². The fraction of sp³-hybridized carbons (Fsp3) is 0.500. The van der Waals surface area contributed by atoms with E-state index in [1.807, 2.05) is 13.0 Å². The monoisotopic (exact) mass is 341 g/mol. The van der Waals surface area contributed by atoms with E-state index in [0.717, 1.165) is 30.4 Å². The van der Waals surface area contributed by atoms with E-state index < -0.39 is 0 Å². The highest BCUT2D eigenvalue weighted by atomic mass is 16.3. The van der Waals surface area contributed by atoms with Gasteiger partial charge in [0.2, 0.25) is 5.91 Å². The third kappa shape index (κ3) is 3.91. The van der Waals surface area contributed by atoms with Crippen LogP contribution in [-0.4, -0.2) is 44.9 Å². The summed E-state index contributed by atoms with van der Waals surface area (Å²) < 4.78 is 7.57. The summed E-state index contributed by atoms with van der Waals surface area (Å²) in [6.45, 7) is 7.59. The maximum atomic E-state index is 12.7. The minimum absolute atomic E-state index is 0.0140. The zero-order valence-electron chi connectivity index (χ0n) is 14.7. The average Bonchev–Trinajstić information content (AvgIpc) is 3.20. The molecule has 1 aliphatic rings. The summed E-state index contributed by atoms with van der Waals surface area (Å²) in [5.74, 6) is 1.76. The number of amides is 1. The van der Waals surface area contributed by atoms with E-state index in [0.29, 0.717) is 32.6 Å². The van der Waals surface area contributed by atoms with Crippen molar-refractivity contribution in [2.24, 2.45) is 0 Å². The Hall–Kier alpha value is -2.59. The molecule has 2 aromatic heterocycles. The highest BCUT2D eigenvalue weighted by Gasteiger charge is 2.24. The summed E-state index contributed by atoms with van der Waals surface area (Å²) in [6, 6.07) is 5.75. The summed E-state index contributed by atoms with van der Waals surface area (Å²) in [4.78, 5) is 21.1. The third-order valence-corrected chi connectivity index (χ3v) is 4.67. The molecule has 2 aromatic rings. The van der Waals surface area contributed by atoms with Gasteiger partial charge in [0.05, 0.1) is 44.1 Å². The van der Waals surface area contributed by atoms with Gasteiger partial charge in [-0.05, 0) is 26.0 Å². The van der Waals surface area contributed by atoms with E-state index in [9.17, 15) is 4.79 Å². The van der Waals surface area contributed by atoms with Gasteiger partial charge in [0, 0.05) is 25.3 Å². The second-order valence-electron chi connectivity index (χ2n) is 6.36. The largest absolute Gasteiger partial charge is 0.467 e. The molecule has 0 spiro atoms. The van der Waals surface area contributed by atoms with Crippen LogP contribution in [0.2, 0.25) is 0 Å². The Bertz CT molecular complexity index is 772. The summed E-state index contributed by atoms with van der Waals surface area (Å²) in [5.41, 5.74) is 2.26. The standard InChI is InChI=1S/C18H23N5O2/c1-14-15(2)23-9-8-21(12-17(23)20-14)13-18(24)22(7-4-6-19)11-16-5-3-10-25-16/h3,5,10H,4,7-9,11-13H2,1-2H3. The van der Waals surface area contributed by atoms with Crippen molar-refractivity contribution in [3.63, 3.8) is 0 Å². The van der Waals surface area contributed by atoms with Crippen molar-refractivity contribution >= 4 is 5.91 Å². The maximum absolute atomic E-state index is 12.7. The van der Waals surface area contributed by atoms with Crippen LogP contribution in [0.3, 0.4) is 0 Å². The van der Waals surface area contributed by atoms with Crippen LogP contribution in [-0.2, 0) is 24.4 Å². The van der Waals surface area contributed by atoms with Crippen LogP contribution < -0.4 is 0 Å². The number of hydrogen-bond acceptors (Lipinski definition) is 5. The number of rotatable bonds is 6. The van der Waals surface area contributed by atoms with E-state index in [2.05, 4.69) is 27.4 Å². The van der Waals surface area contributed by atoms with Crippen LogP contribution >= 0.6 is 0 Å². The Morgan fingerprint density at radius 3 is 3.00 bits per heavy atom. The van der Waals surface area contributed by atoms with Gasteiger partial charge in [-0.1, -0.05) is 0 Å². The minimum atomic E-state index is 0.0140. The predicted molar refractivity (Wildman–Crippen MR) is 91.3 cm³/mol. The fourth-order valence-electron chi connectivity index (χ4n) is 3.16. The van der Waals surface area contributed by atoms with Gasteiger partial charge in [0.25, 0.3) is 0 Å². The average molecular weight is 341 g/mol. The van der Waals surface area contributed by atoms with Gasteiger partial charge in [0.1, 0.15) is 11.6 Å². The van der Waals surface area contributed by atoms with Crippen LogP contribution in [0, 0.1) is 25.2 Å².